The van der Waals surface area contributed by atoms with Gasteiger partial charge in [0, 0.05) is 12.2 Å². The Morgan fingerprint density at radius 1 is 1.19 bits per heavy atom. The van der Waals surface area contributed by atoms with Crippen molar-refractivity contribution in [3.05, 3.63) is 66.2 Å². The van der Waals surface area contributed by atoms with E-state index in [-0.39, 0.29) is 17.5 Å². The number of hydrogen-bond donors (Lipinski definition) is 1. The van der Waals surface area contributed by atoms with Crippen molar-refractivity contribution >= 4 is 17.7 Å². The molecule has 1 N–H and O–H groups in total. The molecule has 0 spiro atoms. The Balaban J connectivity index is 1.55. The summed E-state index contributed by atoms with van der Waals surface area (Å²) >= 11 is 1.29. The largest absolute Gasteiger partial charge is 0.497 e. The Hall–Kier alpha value is -2.87. The number of aromatic nitrogens is 3. The molecule has 1 amide bonds. The molecule has 0 unspecified atom stereocenters. The maximum Gasteiger partial charge on any atom is 0.230 e. The first-order valence-corrected chi connectivity index (χ1v) is 8.82. The molecule has 3 rings (SSSR count). The van der Waals surface area contributed by atoms with Crippen LogP contribution in [-0.2, 0) is 11.3 Å². The van der Waals surface area contributed by atoms with E-state index in [1.54, 1.807) is 30.1 Å². The fraction of sp³-hybridized carbons (Fsp3) is 0.167. The zero-order chi connectivity index (χ0) is 18.4. The van der Waals surface area contributed by atoms with E-state index in [1.807, 2.05) is 24.3 Å². The van der Waals surface area contributed by atoms with Crippen molar-refractivity contribution in [1.29, 1.82) is 0 Å². The molecule has 134 valence electrons. The minimum Gasteiger partial charge on any atom is -0.497 e. The molecule has 0 atom stereocenters. The Morgan fingerprint density at radius 2 is 1.92 bits per heavy atom. The van der Waals surface area contributed by atoms with Crippen LogP contribution in [-0.4, -0.2) is 33.5 Å². The van der Waals surface area contributed by atoms with Crippen LogP contribution < -0.4 is 10.1 Å². The Labute approximate surface area is 154 Å². The molecule has 0 radical (unpaired) electrons. The van der Waals surface area contributed by atoms with E-state index >= 15 is 0 Å². The van der Waals surface area contributed by atoms with Crippen molar-refractivity contribution < 1.29 is 13.9 Å². The van der Waals surface area contributed by atoms with Crippen molar-refractivity contribution in [1.82, 2.24) is 20.1 Å². The summed E-state index contributed by atoms with van der Waals surface area (Å²) in [6.45, 7) is 0.352. The molecule has 0 aliphatic heterocycles. The highest BCUT2D eigenvalue weighted by molar-refractivity contribution is 7.99. The van der Waals surface area contributed by atoms with Crippen molar-refractivity contribution in [2.75, 3.05) is 12.9 Å². The van der Waals surface area contributed by atoms with E-state index in [0.717, 1.165) is 17.0 Å². The van der Waals surface area contributed by atoms with Gasteiger partial charge in [0.1, 0.15) is 17.9 Å². The number of amides is 1. The number of nitrogens with zero attached hydrogens (tertiary/aromatic N) is 3. The summed E-state index contributed by atoms with van der Waals surface area (Å²) in [7, 11) is 1.61. The molecular formula is C18H17FN4O2S. The van der Waals surface area contributed by atoms with Crippen LogP contribution in [0, 0.1) is 5.82 Å². The number of benzene rings is 2. The van der Waals surface area contributed by atoms with Gasteiger partial charge < -0.3 is 10.1 Å². The van der Waals surface area contributed by atoms with Crippen molar-refractivity contribution in [2.24, 2.45) is 0 Å². The van der Waals surface area contributed by atoms with Crippen LogP contribution in [0.2, 0.25) is 0 Å². The number of ether oxygens (including phenoxy) is 1. The summed E-state index contributed by atoms with van der Waals surface area (Å²) in [5.74, 6) is 0.532. The highest BCUT2D eigenvalue weighted by Crippen LogP contribution is 2.21. The van der Waals surface area contributed by atoms with Crippen LogP contribution in [0.15, 0.2) is 60.0 Å². The van der Waals surface area contributed by atoms with Crippen molar-refractivity contribution in [2.45, 2.75) is 11.7 Å². The third-order valence-electron chi connectivity index (χ3n) is 3.60. The number of carbonyl (C=O) groups is 1. The summed E-state index contributed by atoms with van der Waals surface area (Å²) in [5.41, 5.74) is 1.72. The third kappa shape index (κ3) is 4.60. The second-order valence-electron chi connectivity index (χ2n) is 5.37. The molecule has 0 saturated heterocycles. The van der Waals surface area contributed by atoms with Gasteiger partial charge in [-0.25, -0.2) is 4.39 Å². The number of methoxy groups -OCH3 is 1. The van der Waals surface area contributed by atoms with E-state index in [1.165, 1.54) is 23.9 Å². The summed E-state index contributed by atoms with van der Waals surface area (Å²) in [6.07, 6.45) is 1.60. The number of halogens is 1. The topological polar surface area (TPSA) is 69.0 Å². The summed E-state index contributed by atoms with van der Waals surface area (Å²) in [5, 5.41) is 11.4. The van der Waals surface area contributed by atoms with Gasteiger partial charge in [0.2, 0.25) is 5.91 Å². The maximum atomic E-state index is 12.9. The molecule has 0 bridgehead atoms. The molecule has 1 aromatic heterocycles. The molecule has 0 aliphatic carbocycles. The van der Waals surface area contributed by atoms with E-state index in [4.69, 9.17) is 4.74 Å². The van der Waals surface area contributed by atoms with Gasteiger partial charge in [-0.3, -0.25) is 9.36 Å². The predicted octanol–water partition coefficient (Wildman–Crippen LogP) is 2.82. The lowest BCUT2D eigenvalue weighted by atomic mass is 10.2. The van der Waals surface area contributed by atoms with E-state index < -0.39 is 0 Å². The van der Waals surface area contributed by atoms with E-state index in [0.29, 0.717) is 11.7 Å². The first-order chi connectivity index (χ1) is 12.7. The van der Waals surface area contributed by atoms with Gasteiger partial charge in [-0.15, -0.1) is 10.2 Å². The van der Waals surface area contributed by atoms with Gasteiger partial charge in [0.15, 0.2) is 5.16 Å². The second-order valence-corrected chi connectivity index (χ2v) is 6.32. The van der Waals surface area contributed by atoms with Crippen molar-refractivity contribution in [3.63, 3.8) is 0 Å². The van der Waals surface area contributed by atoms with Crippen LogP contribution in [0.3, 0.4) is 0 Å². The van der Waals surface area contributed by atoms with Gasteiger partial charge in [-0.05, 0) is 42.0 Å². The summed E-state index contributed by atoms with van der Waals surface area (Å²) < 4.78 is 19.8. The lowest BCUT2D eigenvalue weighted by Gasteiger charge is -2.08. The number of nitrogens with one attached hydrogen (secondary N) is 1. The third-order valence-corrected chi connectivity index (χ3v) is 4.55. The lowest BCUT2D eigenvalue weighted by molar-refractivity contribution is -0.118. The monoisotopic (exact) mass is 372 g/mol. The molecule has 8 heteroatoms. The molecule has 1 heterocycles. The highest BCUT2D eigenvalue weighted by atomic mass is 32.2. The summed E-state index contributed by atoms with van der Waals surface area (Å²) in [4.78, 5) is 12.0. The predicted molar refractivity (Wildman–Crippen MR) is 96.9 cm³/mol. The smallest absolute Gasteiger partial charge is 0.230 e. The van der Waals surface area contributed by atoms with Crippen molar-refractivity contribution in [3.8, 4) is 11.4 Å². The molecule has 6 nitrogen and oxygen atoms in total. The van der Waals surface area contributed by atoms with Gasteiger partial charge in [-0.1, -0.05) is 23.9 Å². The zero-order valence-corrected chi connectivity index (χ0v) is 14.9. The maximum absolute atomic E-state index is 12.9. The Morgan fingerprint density at radius 3 is 2.62 bits per heavy atom. The zero-order valence-electron chi connectivity index (χ0n) is 14.1. The standard InChI is InChI=1S/C18H17FN4O2S/c1-25-16-8-6-15(7-9-16)23-12-21-22-18(23)26-11-17(24)20-10-13-2-4-14(19)5-3-13/h2-9,12H,10-11H2,1H3,(H,20,24). The number of carbonyl (C=O) groups excluding carboxylic acids is 1. The second kappa shape index (κ2) is 8.48. The Bertz CT molecular complexity index is 866. The minimum atomic E-state index is -0.298. The van der Waals surface area contributed by atoms with Crippen LogP contribution in [0.1, 0.15) is 5.56 Å². The molecule has 2 aromatic carbocycles. The van der Waals surface area contributed by atoms with Gasteiger partial charge >= 0.3 is 0 Å². The lowest BCUT2D eigenvalue weighted by Crippen LogP contribution is -2.24. The van der Waals surface area contributed by atoms with Crippen LogP contribution >= 0.6 is 11.8 Å². The first kappa shape index (κ1) is 17.9. The average molecular weight is 372 g/mol. The quantitative estimate of drug-likeness (QED) is 0.646. The fourth-order valence-electron chi connectivity index (χ4n) is 2.23. The number of rotatable bonds is 7. The van der Waals surface area contributed by atoms with Crippen LogP contribution in [0.4, 0.5) is 4.39 Å². The molecular weight excluding hydrogens is 355 g/mol. The van der Waals surface area contributed by atoms with Gasteiger partial charge in [0.05, 0.1) is 12.9 Å². The summed E-state index contributed by atoms with van der Waals surface area (Å²) in [6, 6.07) is 13.5. The van der Waals surface area contributed by atoms with E-state index in [2.05, 4.69) is 15.5 Å². The van der Waals surface area contributed by atoms with Gasteiger partial charge in [-0.2, -0.15) is 0 Å². The average Bonchev–Trinajstić information content (AvgIpc) is 3.14. The first-order valence-electron chi connectivity index (χ1n) is 7.84. The van der Waals surface area contributed by atoms with Crippen LogP contribution in [0.5, 0.6) is 5.75 Å². The SMILES string of the molecule is COc1ccc(-n2cnnc2SCC(=O)NCc2ccc(F)cc2)cc1. The highest BCUT2D eigenvalue weighted by Gasteiger charge is 2.10. The molecule has 26 heavy (non-hydrogen) atoms. The Kier molecular flexibility index (Phi) is 5.85. The molecule has 0 saturated carbocycles. The minimum absolute atomic E-state index is 0.136. The van der Waals surface area contributed by atoms with Crippen LogP contribution in [0.25, 0.3) is 5.69 Å². The normalized spacial score (nSPS) is 10.5. The molecule has 0 fully saturated rings. The number of hydrogen-bond acceptors (Lipinski definition) is 5. The van der Waals surface area contributed by atoms with Gasteiger partial charge in [0.25, 0.3) is 0 Å². The fourth-order valence-corrected chi connectivity index (χ4v) is 2.99. The molecule has 3 aromatic rings. The van der Waals surface area contributed by atoms with E-state index in [9.17, 15) is 9.18 Å². The molecule has 0 aliphatic rings. The number of thioether (sulfide) groups is 1.